The number of methoxy groups -OCH3 is 1. The molecule has 1 unspecified atom stereocenters. The van der Waals surface area contributed by atoms with Crippen molar-refractivity contribution in [2.45, 2.75) is 26.3 Å². The lowest BCUT2D eigenvalue weighted by molar-refractivity contribution is -0.141. The molecule has 1 rings (SSSR count). The first-order valence-corrected chi connectivity index (χ1v) is 6.05. The van der Waals surface area contributed by atoms with Gasteiger partial charge in [-0.3, -0.25) is 0 Å². The van der Waals surface area contributed by atoms with Gasteiger partial charge >= 0.3 is 5.97 Å². The van der Waals surface area contributed by atoms with Crippen molar-refractivity contribution in [3.05, 3.63) is 27.7 Å². The van der Waals surface area contributed by atoms with Gasteiger partial charge in [0.15, 0.2) is 0 Å². The van der Waals surface area contributed by atoms with E-state index < -0.39 is 6.04 Å². The zero-order valence-corrected chi connectivity index (χ0v) is 11.5. The van der Waals surface area contributed by atoms with Gasteiger partial charge in [0.2, 0.25) is 0 Å². The SMILES string of the molecule is CCC(Nc1cc(Cl)c(C)cc1Cl)C(=O)OC. The van der Waals surface area contributed by atoms with Crippen LogP contribution in [0.25, 0.3) is 0 Å². The smallest absolute Gasteiger partial charge is 0.328 e. The molecule has 94 valence electrons. The summed E-state index contributed by atoms with van der Waals surface area (Å²) >= 11 is 12.1. The van der Waals surface area contributed by atoms with Gasteiger partial charge < -0.3 is 10.1 Å². The summed E-state index contributed by atoms with van der Waals surface area (Å²) in [4.78, 5) is 11.4. The molecule has 0 aliphatic heterocycles. The Morgan fingerprint density at radius 3 is 2.59 bits per heavy atom. The maximum atomic E-state index is 11.4. The van der Waals surface area contributed by atoms with Crippen molar-refractivity contribution in [2.75, 3.05) is 12.4 Å². The van der Waals surface area contributed by atoms with Crippen LogP contribution in [-0.4, -0.2) is 19.1 Å². The van der Waals surface area contributed by atoms with Gasteiger partial charge in [0.1, 0.15) is 6.04 Å². The van der Waals surface area contributed by atoms with Gasteiger partial charge in [-0.15, -0.1) is 0 Å². The number of nitrogens with one attached hydrogen (secondary N) is 1. The maximum absolute atomic E-state index is 11.4. The molecule has 0 spiro atoms. The molecule has 5 heteroatoms. The average Bonchev–Trinajstić information content (AvgIpc) is 2.31. The van der Waals surface area contributed by atoms with Gasteiger partial charge in [0, 0.05) is 5.02 Å². The monoisotopic (exact) mass is 275 g/mol. The van der Waals surface area contributed by atoms with Crippen molar-refractivity contribution in [2.24, 2.45) is 0 Å². The summed E-state index contributed by atoms with van der Waals surface area (Å²) in [7, 11) is 1.36. The molecule has 1 N–H and O–H groups in total. The summed E-state index contributed by atoms with van der Waals surface area (Å²) in [6.45, 7) is 3.76. The zero-order valence-electron chi connectivity index (χ0n) is 10.0. The minimum absolute atomic E-state index is 0.319. The van der Waals surface area contributed by atoms with E-state index in [1.807, 2.05) is 13.8 Å². The van der Waals surface area contributed by atoms with Crippen molar-refractivity contribution in [3.63, 3.8) is 0 Å². The molecular weight excluding hydrogens is 261 g/mol. The van der Waals surface area contributed by atoms with Crippen molar-refractivity contribution in [1.82, 2.24) is 0 Å². The van der Waals surface area contributed by atoms with E-state index in [9.17, 15) is 4.79 Å². The van der Waals surface area contributed by atoms with Crippen LogP contribution in [-0.2, 0) is 9.53 Å². The normalized spacial score (nSPS) is 12.1. The van der Waals surface area contributed by atoms with Crippen LogP contribution in [0.4, 0.5) is 5.69 Å². The number of benzene rings is 1. The van der Waals surface area contributed by atoms with Crippen molar-refractivity contribution >= 4 is 34.9 Å². The van der Waals surface area contributed by atoms with Crippen LogP contribution in [0.5, 0.6) is 0 Å². The molecule has 0 fully saturated rings. The van der Waals surface area contributed by atoms with Gasteiger partial charge in [-0.1, -0.05) is 30.1 Å². The Morgan fingerprint density at radius 1 is 1.41 bits per heavy atom. The summed E-state index contributed by atoms with van der Waals surface area (Å²) in [6, 6.07) is 3.05. The predicted molar refractivity (Wildman–Crippen MR) is 70.9 cm³/mol. The van der Waals surface area contributed by atoms with E-state index in [2.05, 4.69) is 5.32 Å². The van der Waals surface area contributed by atoms with E-state index in [0.717, 1.165) is 5.56 Å². The fourth-order valence-corrected chi connectivity index (χ4v) is 1.85. The molecular formula is C12H15Cl2NO2. The minimum atomic E-state index is -0.420. The zero-order chi connectivity index (χ0) is 13.0. The summed E-state index contributed by atoms with van der Waals surface area (Å²) in [5, 5.41) is 4.17. The van der Waals surface area contributed by atoms with Crippen LogP contribution in [0.2, 0.25) is 10.0 Å². The van der Waals surface area contributed by atoms with Gasteiger partial charge in [-0.2, -0.15) is 0 Å². The summed E-state index contributed by atoms with van der Waals surface area (Å²) < 4.78 is 4.69. The van der Waals surface area contributed by atoms with Gasteiger partial charge in [-0.25, -0.2) is 4.79 Å². The predicted octanol–water partition coefficient (Wildman–Crippen LogP) is 3.67. The highest BCUT2D eigenvalue weighted by atomic mass is 35.5. The van der Waals surface area contributed by atoms with Gasteiger partial charge in [-0.05, 0) is 31.0 Å². The first kappa shape index (κ1) is 14.1. The highest BCUT2D eigenvalue weighted by Gasteiger charge is 2.18. The van der Waals surface area contributed by atoms with Crippen LogP contribution < -0.4 is 5.32 Å². The molecule has 0 aliphatic carbocycles. The Morgan fingerprint density at radius 2 is 2.06 bits per heavy atom. The topological polar surface area (TPSA) is 38.3 Å². The first-order chi connectivity index (χ1) is 7.99. The fraction of sp³-hybridized carbons (Fsp3) is 0.417. The lowest BCUT2D eigenvalue weighted by Gasteiger charge is -2.17. The van der Waals surface area contributed by atoms with Crippen molar-refractivity contribution in [1.29, 1.82) is 0 Å². The molecule has 0 radical (unpaired) electrons. The van der Waals surface area contributed by atoms with E-state index in [4.69, 9.17) is 27.9 Å². The fourth-order valence-electron chi connectivity index (χ4n) is 1.41. The van der Waals surface area contributed by atoms with E-state index >= 15 is 0 Å². The van der Waals surface area contributed by atoms with E-state index in [1.165, 1.54) is 7.11 Å². The second kappa shape index (κ2) is 6.12. The third kappa shape index (κ3) is 3.51. The number of anilines is 1. The molecule has 0 saturated carbocycles. The highest BCUT2D eigenvalue weighted by molar-refractivity contribution is 6.35. The van der Waals surface area contributed by atoms with Crippen LogP contribution in [0, 0.1) is 6.92 Å². The summed E-state index contributed by atoms with van der Waals surface area (Å²) in [5.41, 5.74) is 1.54. The van der Waals surface area contributed by atoms with Crippen LogP contribution in [0.3, 0.4) is 0 Å². The number of carbonyl (C=O) groups excluding carboxylic acids is 1. The lowest BCUT2D eigenvalue weighted by Crippen LogP contribution is -2.29. The Hall–Kier alpha value is -0.930. The molecule has 0 aromatic heterocycles. The molecule has 1 aromatic rings. The Balaban J connectivity index is 2.94. The molecule has 17 heavy (non-hydrogen) atoms. The number of halogens is 2. The number of ether oxygens (including phenoxy) is 1. The van der Waals surface area contributed by atoms with E-state index in [0.29, 0.717) is 22.2 Å². The largest absolute Gasteiger partial charge is 0.467 e. The van der Waals surface area contributed by atoms with Gasteiger partial charge in [0.05, 0.1) is 17.8 Å². The lowest BCUT2D eigenvalue weighted by atomic mass is 10.2. The first-order valence-electron chi connectivity index (χ1n) is 5.29. The molecule has 0 bridgehead atoms. The quantitative estimate of drug-likeness (QED) is 0.853. The number of hydrogen-bond donors (Lipinski definition) is 1. The Kier molecular flexibility index (Phi) is 5.09. The third-order valence-electron chi connectivity index (χ3n) is 2.47. The van der Waals surface area contributed by atoms with Crippen molar-refractivity contribution < 1.29 is 9.53 Å². The second-order valence-electron chi connectivity index (χ2n) is 3.71. The molecule has 0 heterocycles. The van der Waals surface area contributed by atoms with Crippen LogP contribution in [0.15, 0.2) is 12.1 Å². The van der Waals surface area contributed by atoms with E-state index in [1.54, 1.807) is 12.1 Å². The standard InChI is InChI=1S/C12H15Cl2NO2/c1-4-10(12(16)17-3)15-11-6-8(13)7(2)5-9(11)14/h5-6,10,15H,4H2,1-3H3. The Labute approximate surface area is 111 Å². The second-order valence-corrected chi connectivity index (χ2v) is 4.52. The van der Waals surface area contributed by atoms with E-state index in [-0.39, 0.29) is 5.97 Å². The minimum Gasteiger partial charge on any atom is -0.467 e. The number of aryl methyl sites for hydroxylation is 1. The molecule has 0 amide bonds. The number of carbonyl (C=O) groups is 1. The molecule has 0 aliphatic rings. The third-order valence-corrected chi connectivity index (χ3v) is 3.19. The van der Waals surface area contributed by atoms with Gasteiger partial charge in [0.25, 0.3) is 0 Å². The number of hydrogen-bond acceptors (Lipinski definition) is 3. The summed E-state index contributed by atoms with van der Waals surface area (Å²) in [5.74, 6) is -0.319. The number of rotatable bonds is 4. The molecule has 1 aromatic carbocycles. The highest BCUT2D eigenvalue weighted by Crippen LogP contribution is 2.29. The average molecular weight is 276 g/mol. The summed E-state index contributed by atoms with van der Waals surface area (Å²) in [6.07, 6.45) is 0.606. The van der Waals surface area contributed by atoms with Crippen LogP contribution >= 0.6 is 23.2 Å². The van der Waals surface area contributed by atoms with Crippen molar-refractivity contribution in [3.8, 4) is 0 Å². The maximum Gasteiger partial charge on any atom is 0.328 e. The number of esters is 1. The Bertz CT molecular complexity index is 421. The molecule has 1 atom stereocenters. The molecule has 0 saturated heterocycles. The molecule has 3 nitrogen and oxygen atoms in total. The van der Waals surface area contributed by atoms with Crippen LogP contribution in [0.1, 0.15) is 18.9 Å².